The molecular weight excluding hydrogens is 396 g/mol. The minimum atomic E-state index is -3.29. The number of benzene rings is 1. The van der Waals surface area contributed by atoms with E-state index in [2.05, 4.69) is 4.90 Å². The van der Waals surface area contributed by atoms with E-state index in [1.165, 1.54) is 0 Å². The first-order valence-corrected chi connectivity index (χ1v) is 11.5. The second kappa shape index (κ2) is 6.80. The molecule has 0 radical (unpaired) electrons. The van der Waals surface area contributed by atoms with Gasteiger partial charge in [0.25, 0.3) is 5.91 Å². The maximum atomic E-state index is 12.8. The molecule has 3 fully saturated rings. The van der Waals surface area contributed by atoms with Crippen LogP contribution in [0.3, 0.4) is 0 Å². The number of likely N-dealkylation sites (tertiary alicyclic amines) is 2. The number of methoxy groups -OCH3 is 1. The van der Waals surface area contributed by atoms with Gasteiger partial charge in [0.1, 0.15) is 11.2 Å². The summed E-state index contributed by atoms with van der Waals surface area (Å²) in [5, 5.41) is 0.346. The smallest absolute Gasteiger partial charge is 0.289 e. The summed E-state index contributed by atoms with van der Waals surface area (Å²) in [5.41, 5.74) is -0.131. The molecule has 29 heavy (non-hydrogen) atoms. The number of nitrogens with zero attached hydrogens (tertiary/aromatic N) is 2. The maximum absolute atomic E-state index is 12.8. The molecule has 0 N–H and O–H groups in total. The number of para-hydroxylation sites is 1. The van der Waals surface area contributed by atoms with Crippen molar-refractivity contribution in [2.75, 3.05) is 52.2 Å². The van der Waals surface area contributed by atoms with Crippen LogP contribution in [0.5, 0.6) is 0 Å². The molecule has 0 saturated carbocycles. The molecule has 5 rings (SSSR count). The zero-order valence-electron chi connectivity index (χ0n) is 16.2. The largest absolute Gasteiger partial charge is 0.451 e. The Balaban J connectivity index is 1.20. The number of furan rings is 1. The van der Waals surface area contributed by atoms with Crippen molar-refractivity contribution in [3.8, 4) is 0 Å². The Bertz CT molecular complexity index is 1000. The molecule has 8 nitrogen and oxygen atoms in total. The number of rotatable bonds is 4. The van der Waals surface area contributed by atoms with E-state index in [0.717, 1.165) is 18.5 Å². The Labute approximate surface area is 169 Å². The van der Waals surface area contributed by atoms with Gasteiger partial charge in [-0.25, -0.2) is 8.42 Å². The van der Waals surface area contributed by atoms with Gasteiger partial charge in [-0.2, -0.15) is 0 Å². The molecule has 0 unspecified atom stereocenters. The molecule has 1 amide bonds. The normalized spacial score (nSPS) is 26.4. The molecule has 4 heterocycles. The lowest BCUT2D eigenvalue weighted by atomic mass is 9.95. The summed E-state index contributed by atoms with van der Waals surface area (Å²) in [6, 6.07) is 9.16. The number of amides is 1. The summed E-state index contributed by atoms with van der Waals surface area (Å²) >= 11 is 0. The Hall–Kier alpha value is -1.94. The highest BCUT2D eigenvalue weighted by Gasteiger charge is 2.54. The van der Waals surface area contributed by atoms with Crippen LogP contribution in [0.15, 0.2) is 34.7 Å². The lowest BCUT2D eigenvalue weighted by Crippen LogP contribution is -2.71. The van der Waals surface area contributed by atoms with Crippen molar-refractivity contribution in [1.29, 1.82) is 0 Å². The van der Waals surface area contributed by atoms with Crippen molar-refractivity contribution in [2.45, 2.75) is 17.0 Å². The van der Waals surface area contributed by atoms with Crippen molar-refractivity contribution < 1.29 is 27.1 Å². The molecule has 0 bridgehead atoms. The molecule has 3 aliphatic heterocycles. The van der Waals surface area contributed by atoms with Gasteiger partial charge in [-0.1, -0.05) is 18.2 Å². The average Bonchev–Trinajstić information content (AvgIpc) is 3.06. The molecular formula is C20H24N2O6S. The lowest BCUT2D eigenvalue weighted by Gasteiger charge is -2.52. The van der Waals surface area contributed by atoms with Gasteiger partial charge in [-0.15, -0.1) is 0 Å². The van der Waals surface area contributed by atoms with Gasteiger partial charge in [0.15, 0.2) is 15.6 Å². The predicted molar refractivity (Wildman–Crippen MR) is 106 cm³/mol. The molecule has 156 valence electrons. The monoisotopic (exact) mass is 420 g/mol. The van der Waals surface area contributed by atoms with E-state index in [4.69, 9.17) is 13.9 Å². The molecule has 0 aliphatic carbocycles. The number of hydrogen-bond donors (Lipinski definition) is 0. The third-order valence-corrected chi connectivity index (χ3v) is 8.38. The summed E-state index contributed by atoms with van der Waals surface area (Å²) in [4.78, 5) is 16.4. The van der Waals surface area contributed by atoms with Crippen LogP contribution < -0.4 is 0 Å². The Morgan fingerprint density at radius 1 is 1.28 bits per heavy atom. The molecule has 9 heteroatoms. The summed E-state index contributed by atoms with van der Waals surface area (Å²) in [6.07, 6.45) is 0.193. The number of carbonyl (C=O) groups excluding carboxylic acids is 1. The summed E-state index contributed by atoms with van der Waals surface area (Å²) in [6.45, 7) is 2.69. The zero-order chi connectivity index (χ0) is 20.2. The van der Waals surface area contributed by atoms with Gasteiger partial charge in [0.05, 0.1) is 36.8 Å². The van der Waals surface area contributed by atoms with Crippen molar-refractivity contribution in [3.05, 3.63) is 36.1 Å². The third-order valence-electron chi connectivity index (χ3n) is 6.15. The number of ether oxygens (including phenoxy) is 2. The Morgan fingerprint density at radius 2 is 2.03 bits per heavy atom. The van der Waals surface area contributed by atoms with E-state index in [0.29, 0.717) is 12.1 Å². The molecule has 3 aliphatic rings. The van der Waals surface area contributed by atoms with Crippen LogP contribution in [0.2, 0.25) is 0 Å². The second-order valence-electron chi connectivity index (χ2n) is 8.31. The highest BCUT2D eigenvalue weighted by atomic mass is 32.2. The van der Waals surface area contributed by atoms with Crippen LogP contribution >= 0.6 is 0 Å². The first-order chi connectivity index (χ1) is 13.9. The van der Waals surface area contributed by atoms with Gasteiger partial charge >= 0.3 is 0 Å². The van der Waals surface area contributed by atoms with Crippen LogP contribution in [-0.2, 0) is 19.3 Å². The molecule has 1 spiro atoms. The Kier molecular flexibility index (Phi) is 4.47. The average molecular weight is 420 g/mol. The van der Waals surface area contributed by atoms with E-state index >= 15 is 0 Å². The van der Waals surface area contributed by atoms with Crippen LogP contribution in [0.4, 0.5) is 0 Å². The van der Waals surface area contributed by atoms with Gasteiger partial charge in [0.2, 0.25) is 0 Å². The van der Waals surface area contributed by atoms with Crippen LogP contribution in [0, 0.1) is 0 Å². The van der Waals surface area contributed by atoms with Crippen molar-refractivity contribution in [3.63, 3.8) is 0 Å². The van der Waals surface area contributed by atoms with Gasteiger partial charge in [-0.05, 0) is 12.1 Å². The number of fused-ring (bicyclic) bond motifs is 1. The van der Waals surface area contributed by atoms with Crippen LogP contribution in [0.25, 0.3) is 11.0 Å². The Morgan fingerprint density at radius 3 is 2.72 bits per heavy atom. The minimum Gasteiger partial charge on any atom is -0.451 e. The van der Waals surface area contributed by atoms with Gasteiger partial charge < -0.3 is 18.8 Å². The first-order valence-electron chi connectivity index (χ1n) is 9.76. The third kappa shape index (κ3) is 3.35. The zero-order valence-corrected chi connectivity index (χ0v) is 17.1. The number of sulfone groups is 1. The van der Waals surface area contributed by atoms with E-state index < -0.39 is 20.7 Å². The lowest BCUT2D eigenvalue weighted by molar-refractivity contribution is -0.123. The van der Waals surface area contributed by atoms with Crippen molar-refractivity contribution in [2.24, 2.45) is 0 Å². The van der Waals surface area contributed by atoms with E-state index in [9.17, 15) is 13.2 Å². The summed E-state index contributed by atoms with van der Waals surface area (Å²) in [5.74, 6) is -0.0138. The van der Waals surface area contributed by atoms with Crippen molar-refractivity contribution in [1.82, 2.24) is 9.80 Å². The van der Waals surface area contributed by atoms with Crippen LogP contribution in [0.1, 0.15) is 10.6 Å². The molecule has 1 aromatic heterocycles. The molecule has 3 saturated heterocycles. The van der Waals surface area contributed by atoms with Gasteiger partial charge in [0, 0.05) is 32.1 Å². The summed E-state index contributed by atoms with van der Waals surface area (Å²) in [7, 11) is -1.62. The predicted octanol–water partition coefficient (Wildman–Crippen LogP) is 0.772. The summed E-state index contributed by atoms with van der Waals surface area (Å²) < 4.78 is 42.5. The fraction of sp³-hybridized carbons (Fsp3) is 0.550. The second-order valence-corrected chi connectivity index (χ2v) is 10.6. The molecule has 1 atom stereocenters. The number of carbonyl (C=O) groups is 1. The highest BCUT2D eigenvalue weighted by Crippen LogP contribution is 2.34. The number of hydrogen-bond acceptors (Lipinski definition) is 7. The van der Waals surface area contributed by atoms with E-state index in [-0.39, 0.29) is 43.2 Å². The van der Waals surface area contributed by atoms with Gasteiger partial charge in [-0.3, -0.25) is 9.69 Å². The standard InChI is InChI=1S/C20H24N2O6S/c1-26-15-7-21(8-15)9-16-10-27-20(13-29(16,24)25)11-22(12-20)19(23)18-6-14-4-2-3-5-17(14)28-18/h2-6,15-16H,7-13H2,1H3/t16-/m0/s1. The quantitative estimate of drug-likeness (QED) is 0.722. The fourth-order valence-corrected chi connectivity index (χ4v) is 6.34. The topological polar surface area (TPSA) is 89.3 Å². The first kappa shape index (κ1) is 19.0. The van der Waals surface area contributed by atoms with Crippen molar-refractivity contribution >= 4 is 26.7 Å². The molecule has 2 aromatic rings. The minimum absolute atomic E-state index is 0.0455. The highest BCUT2D eigenvalue weighted by molar-refractivity contribution is 7.92. The molecule has 1 aromatic carbocycles. The van der Waals surface area contributed by atoms with Crippen LogP contribution in [-0.4, -0.2) is 93.3 Å². The van der Waals surface area contributed by atoms with E-state index in [1.54, 1.807) is 18.1 Å². The SMILES string of the molecule is COC1CN(C[C@H]2COC3(CN(C(=O)c4cc5ccccc5o4)C3)CS2(=O)=O)C1. The maximum Gasteiger partial charge on any atom is 0.289 e. The van der Waals surface area contributed by atoms with E-state index in [1.807, 2.05) is 24.3 Å². The fourth-order valence-electron chi connectivity index (χ4n) is 4.39.